The predicted molar refractivity (Wildman–Crippen MR) is 109 cm³/mol. The Morgan fingerprint density at radius 2 is 1.93 bits per heavy atom. The molecule has 146 valence electrons. The van der Waals surface area contributed by atoms with Crippen molar-refractivity contribution in [2.24, 2.45) is 5.92 Å². The van der Waals surface area contributed by atoms with Crippen molar-refractivity contribution in [2.75, 3.05) is 32.7 Å². The highest BCUT2D eigenvalue weighted by Gasteiger charge is 2.24. The van der Waals surface area contributed by atoms with E-state index in [1.165, 1.54) is 24.0 Å². The largest absolute Gasteiger partial charge is 0.469 e. The molecule has 4 heteroatoms. The van der Waals surface area contributed by atoms with Crippen molar-refractivity contribution in [3.63, 3.8) is 0 Å². The molecule has 2 aromatic rings. The molecule has 1 fully saturated rings. The number of hydrogen-bond acceptors (Lipinski definition) is 3. The van der Waals surface area contributed by atoms with E-state index in [9.17, 15) is 4.79 Å². The third kappa shape index (κ3) is 5.01. The van der Waals surface area contributed by atoms with Crippen molar-refractivity contribution < 1.29 is 9.21 Å². The van der Waals surface area contributed by atoms with Crippen LogP contribution in [0.25, 0.3) is 0 Å². The van der Waals surface area contributed by atoms with Gasteiger partial charge in [-0.15, -0.1) is 0 Å². The molecule has 0 spiro atoms. The van der Waals surface area contributed by atoms with Crippen LogP contribution in [0.5, 0.6) is 0 Å². The molecule has 27 heavy (non-hydrogen) atoms. The van der Waals surface area contributed by atoms with Crippen molar-refractivity contribution in [3.05, 3.63) is 59.0 Å². The van der Waals surface area contributed by atoms with E-state index in [2.05, 4.69) is 43.0 Å². The number of piperidine rings is 1. The van der Waals surface area contributed by atoms with E-state index < -0.39 is 0 Å². The molecule has 1 aliphatic rings. The highest BCUT2D eigenvalue weighted by molar-refractivity contribution is 5.95. The normalized spacial score (nSPS) is 15.8. The minimum Gasteiger partial charge on any atom is -0.469 e. The van der Waals surface area contributed by atoms with Crippen molar-refractivity contribution >= 4 is 5.91 Å². The Morgan fingerprint density at radius 3 is 2.56 bits per heavy atom. The zero-order chi connectivity index (χ0) is 19.2. The van der Waals surface area contributed by atoms with Crippen LogP contribution in [0.15, 0.2) is 41.0 Å². The van der Waals surface area contributed by atoms with Gasteiger partial charge in [-0.05, 0) is 76.2 Å². The highest BCUT2D eigenvalue weighted by Crippen LogP contribution is 2.21. The van der Waals surface area contributed by atoms with Gasteiger partial charge in [-0.1, -0.05) is 24.3 Å². The summed E-state index contributed by atoms with van der Waals surface area (Å²) in [4.78, 5) is 17.3. The van der Waals surface area contributed by atoms with Crippen LogP contribution in [-0.2, 0) is 6.42 Å². The first-order chi connectivity index (χ1) is 13.1. The summed E-state index contributed by atoms with van der Waals surface area (Å²) in [7, 11) is 0. The van der Waals surface area contributed by atoms with Gasteiger partial charge in [0.1, 0.15) is 5.76 Å². The first-order valence-corrected chi connectivity index (χ1v) is 10.2. The van der Waals surface area contributed by atoms with Crippen LogP contribution >= 0.6 is 0 Å². The van der Waals surface area contributed by atoms with E-state index in [1.54, 1.807) is 12.3 Å². The summed E-state index contributed by atoms with van der Waals surface area (Å²) in [5, 5.41) is 0. The summed E-state index contributed by atoms with van der Waals surface area (Å²) in [5.41, 5.74) is 3.55. The van der Waals surface area contributed by atoms with Crippen LogP contribution in [0.3, 0.4) is 0 Å². The number of aryl methyl sites for hydroxylation is 2. The molecule has 0 bridgehead atoms. The Bertz CT molecular complexity index is 744. The average Bonchev–Trinajstić information content (AvgIpc) is 3.12. The van der Waals surface area contributed by atoms with Crippen LogP contribution in [0.2, 0.25) is 0 Å². The number of likely N-dealkylation sites (tertiary alicyclic amines) is 1. The number of amides is 1. The maximum absolute atomic E-state index is 12.7. The first kappa shape index (κ1) is 19.7. The van der Waals surface area contributed by atoms with E-state index in [-0.39, 0.29) is 5.91 Å². The fourth-order valence-corrected chi connectivity index (χ4v) is 4.01. The number of rotatable bonds is 7. The molecule has 1 amide bonds. The highest BCUT2D eigenvalue weighted by atomic mass is 16.3. The van der Waals surface area contributed by atoms with Crippen LogP contribution in [-0.4, -0.2) is 48.4 Å². The minimum absolute atomic E-state index is 0.103. The molecular formula is C23H32N2O2. The second-order valence-corrected chi connectivity index (χ2v) is 7.70. The van der Waals surface area contributed by atoms with E-state index in [0.717, 1.165) is 39.1 Å². The third-order valence-electron chi connectivity index (χ3n) is 5.90. The Balaban J connectivity index is 1.46. The molecular weight excluding hydrogens is 336 g/mol. The Labute approximate surface area is 163 Å². The topological polar surface area (TPSA) is 36.7 Å². The maximum atomic E-state index is 12.7. The molecule has 1 aromatic heterocycles. The Hall–Kier alpha value is -2.07. The molecule has 0 aliphatic carbocycles. The van der Waals surface area contributed by atoms with E-state index >= 15 is 0 Å². The molecule has 0 N–H and O–H groups in total. The number of nitrogens with zero attached hydrogens (tertiary/aromatic N) is 2. The van der Waals surface area contributed by atoms with E-state index in [4.69, 9.17) is 4.42 Å². The van der Waals surface area contributed by atoms with Gasteiger partial charge >= 0.3 is 0 Å². The van der Waals surface area contributed by atoms with E-state index in [1.807, 2.05) is 11.8 Å². The van der Waals surface area contributed by atoms with Gasteiger partial charge in [0.25, 0.3) is 5.91 Å². The summed E-state index contributed by atoms with van der Waals surface area (Å²) in [5.74, 6) is 1.41. The maximum Gasteiger partial charge on any atom is 0.257 e. The van der Waals surface area contributed by atoms with Gasteiger partial charge in [-0.25, -0.2) is 0 Å². The van der Waals surface area contributed by atoms with Gasteiger partial charge in [-0.3, -0.25) is 4.79 Å². The van der Waals surface area contributed by atoms with Gasteiger partial charge < -0.3 is 14.2 Å². The number of carbonyl (C=O) groups is 1. The average molecular weight is 369 g/mol. The predicted octanol–water partition coefficient (Wildman–Crippen LogP) is 4.31. The molecule has 0 atom stereocenters. The Kier molecular flexibility index (Phi) is 6.73. The van der Waals surface area contributed by atoms with Gasteiger partial charge in [0.2, 0.25) is 0 Å². The fraction of sp³-hybridized carbons (Fsp3) is 0.522. The lowest BCUT2D eigenvalue weighted by Gasteiger charge is -2.34. The summed E-state index contributed by atoms with van der Waals surface area (Å²) in [6, 6.07) is 10.5. The number of hydrogen-bond donors (Lipinski definition) is 0. The lowest BCUT2D eigenvalue weighted by molar-refractivity contribution is 0.0700. The molecule has 0 radical (unpaired) electrons. The summed E-state index contributed by atoms with van der Waals surface area (Å²) in [6.07, 6.45) is 5.06. The van der Waals surface area contributed by atoms with Crippen LogP contribution in [0.4, 0.5) is 0 Å². The first-order valence-electron chi connectivity index (χ1n) is 10.2. The van der Waals surface area contributed by atoms with Gasteiger partial charge in [0, 0.05) is 19.6 Å². The Morgan fingerprint density at radius 1 is 1.19 bits per heavy atom. The third-order valence-corrected chi connectivity index (χ3v) is 5.90. The van der Waals surface area contributed by atoms with Crippen LogP contribution in [0.1, 0.15) is 47.0 Å². The molecule has 0 saturated carbocycles. The number of carbonyl (C=O) groups excluding carboxylic acids is 1. The van der Waals surface area contributed by atoms with Crippen molar-refractivity contribution in [1.29, 1.82) is 0 Å². The number of furan rings is 1. The monoisotopic (exact) mass is 368 g/mol. The standard InChI is InChI=1S/C23H32N2O2/c1-4-25(23(26)22-12-16-27-19(22)3)17-20-9-13-24(14-10-20)15-11-21-8-6-5-7-18(21)2/h5-8,12,16,20H,4,9-11,13-15,17H2,1-3H3. The lowest BCUT2D eigenvalue weighted by Crippen LogP contribution is -2.41. The van der Waals surface area contributed by atoms with Gasteiger partial charge in [0.05, 0.1) is 11.8 Å². The minimum atomic E-state index is 0.103. The number of benzene rings is 1. The zero-order valence-corrected chi connectivity index (χ0v) is 16.9. The molecule has 3 rings (SSSR count). The lowest BCUT2D eigenvalue weighted by atomic mass is 9.95. The van der Waals surface area contributed by atoms with E-state index in [0.29, 0.717) is 17.2 Å². The molecule has 1 aromatic carbocycles. The smallest absolute Gasteiger partial charge is 0.257 e. The van der Waals surface area contributed by atoms with Crippen molar-refractivity contribution in [3.8, 4) is 0 Å². The summed E-state index contributed by atoms with van der Waals surface area (Å²) < 4.78 is 5.30. The van der Waals surface area contributed by atoms with Crippen molar-refractivity contribution in [2.45, 2.75) is 40.0 Å². The van der Waals surface area contributed by atoms with Gasteiger partial charge in [-0.2, -0.15) is 0 Å². The summed E-state index contributed by atoms with van der Waals surface area (Å²) in [6.45, 7) is 11.1. The van der Waals surface area contributed by atoms with Gasteiger partial charge in [0.15, 0.2) is 0 Å². The fourth-order valence-electron chi connectivity index (χ4n) is 4.01. The molecule has 2 heterocycles. The quantitative estimate of drug-likeness (QED) is 0.730. The van der Waals surface area contributed by atoms with Crippen molar-refractivity contribution in [1.82, 2.24) is 9.80 Å². The second kappa shape index (κ2) is 9.23. The van der Waals surface area contributed by atoms with Crippen LogP contribution in [0, 0.1) is 19.8 Å². The SMILES string of the molecule is CCN(CC1CCN(CCc2ccccc2C)CC1)C(=O)c1ccoc1C. The summed E-state index contributed by atoms with van der Waals surface area (Å²) >= 11 is 0. The molecule has 4 nitrogen and oxygen atoms in total. The molecule has 1 saturated heterocycles. The van der Waals surface area contributed by atoms with Crippen LogP contribution < -0.4 is 0 Å². The molecule has 1 aliphatic heterocycles. The second-order valence-electron chi connectivity index (χ2n) is 7.70. The molecule has 0 unspecified atom stereocenters. The zero-order valence-electron chi connectivity index (χ0n) is 16.9.